The molecule has 4 unspecified atom stereocenters. The number of hydrogen-bond acceptors (Lipinski definition) is 4. The minimum absolute atomic E-state index is 0.00859. The highest BCUT2D eigenvalue weighted by Gasteiger charge is 2.74. The molecule has 6 heteroatoms. The van der Waals surface area contributed by atoms with Crippen molar-refractivity contribution in [3.05, 3.63) is 23.8 Å². The molecule has 32 heavy (non-hydrogen) atoms. The summed E-state index contributed by atoms with van der Waals surface area (Å²) in [6, 6.07) is 0. The van der Waals surface area contributed by atoms with Crippen LogP contribution >= 0.6 is 12.6 Å². The van der Waals surface area contributed by atoms with Crippen molar-refractivity contribution >= 4 is 34.3 Å². The Labute approximate surface area is 202 Å². The van der Waals surface area contributed by atoms with Crippen LogP contribution in [-0.4, -0.2) is 39.3 Å². The van der Waals surface area contributed by atoms with E-state index in [1.54, 1.807) is 0 Å². The van der Waals surface area contributed by atoms with Crippen molar-refractivity contribution in [2.75, 3.05) is 6.79 Å². The number of ether oxygens (including phenoxy) is 2. The molecule has 0 aliphatic heterocycles. The number of allylic oxidation sites excluding steroid dienone is 3. The normalized spacial score (nSPS) is 46.5. The highest BCUT2D eigenvalue weighted by atomic mass is 32.1. The molecule has 4 radical (unpaired) electrons. The third kappa shape index (κ3) is 3.03. The second-order valence-corrected chi connectivity index (χ2v) is 12.2. The van der Waals surface area contributed by atoms with Crippen LogP contribution in [0.15, 0.2) is 23.8 Å². The van der Waals surface area contributed by atoms with E-state index in [0.29, 0.717) is 0 Å². The van der Waals surface area contributed by atoms with Gasteiger partial charge in [0.25, 0.3) is 0 Å². The summed E-state index contributed by atoms with van der Waals surface area (Å²) in [6.07, 6.45) is 10.2. The SMILES string of the molecule is [B][C@@]12CCC3=CC(=C)CCC3(C)[C@@]1([B])CCC1(C)C(OCOC(=O)C(C)CC)CC[C@]12S. The average molecular weight is 452 g/mol. The average Bonchev–Trinajstić information content (AvgIpc) is 3.02. The van der Waals surface area contributed by atoms with Gasteiger partial charge >= 0.3 is 5.97 Å². The summed E-state index contributed by atoms with van der Waals surface area (Å²) in [4.78, 5) is 12.1. The van der Waals surface area contributed by atoms with E-state index in [1.807, 2.05) is 13.8 Å². The van der Waals surface area contributed by atoms with Crippen LogP contribution in [0.3, 0.4) is 0 Å². The fraction of sp³-hybridized carbons (Fsp3) is 0.808. The fourth-order valence-electron chi connectivity index (χ4n) is 7.55. The van der Waals surface area contributed by atoms with E-state index < -0.39 is 15.4 Å². The maximum atomic E-state index is 12.1. The summed E-state index contributed by atoms with van der Waals surface area (Å²) in [5.74, 6) is -0.315. The fourth-order valence-corrected chi connectivity index (χ4v) is 8.24. The molecule has 4 rings (SSSR count). The third-order valence-corrected chi connectivity index (χ3v) is 11.4. The van der Waals surface area contributed by atoms with Gasteiger partial charge in [0, 0.05) is 10.2 Å². The van der Waals surface area contributed by atoms with Crippen molar-refractivity contribution in [1.82, 2.24) is 0 Å². The molecule has 4 aliphatic carbocycles. The number of rotatable bonds is 5. The zero-order chi connectivity index (χ0) is 23.6. The van der Waals surface area contributed by atoms with Crippen LogP contribution in [0.2, 0.25) is 10.6 Å². The lowest BCUT2D eigenvalue weighted by Crippen LogP contribution is -2.65. The summed E-state index contributed by atoms with van der Waals surface area (Å²) in [7, 11) is 14.8. The van der Waals surface area contributed by atoms with E-state index in [2.05, 4.69) is 26.5 Å². The largest absolute Gasteiger partial charge is 0.438 e. The summed E-state index contributed by atoms with van der Waals surface area (Å²) in [6.45, 7) is 12.6. The predicted molar refractivity (Wildman–Crippen MR) is 134 cm³/mol. The zero-order valence-electron chi connectivity index (χ0n) is 20.3. The highest BCUT2D eigenvalue weighted by molar-refractivity contribution is 7.82. The number of fused-ring (bicyclic) bond motifs is 5. The summed E-state index contributed by atoms with van der Waals surface area (Å²) in [5, 5.41) is -1.13. The third-order valence-electron chi connectivity index (χ3n) is 10.3. The van der Waals surface area contributed by atoms with Crippen LogP contribution in [0.25, 0.3) is 0 Å². The molecule has 0 spiro atoms. The number of hydrogen-bond donors (Lipinski definition) is 1. The van der Waals surface area contributed by atoms with Crippen LogP contribution in [0.4, 0.5) is 0 Å². The van der Waals surface area contributed by atoms with Crippen molar-refractivity contribution in [2.24, 2.45) is 16.7 Å². The standard InChI is InChI=1S/C26H38B2O3S/c1-6-18(3)21(29)31-16-30-20-9-12-26(32)23(20,5)13-14-24(27)22(4)10-7-17(2)15-19(22)8-11-25(24,26)28/h15,18,20,32H,2,6-14,16H2,1,3-5H3/t18?,20?,22?,23?,24-,25-,26-/m0/s1. The van der Waals surface area contributed by atoms with E-state index in [4.69, 9.17) is 37.8 Å². The molecule has 4 aliphatic rings. The first-order valence-electron chi connectivity index (χ1n) is 12.4. The van der Waals surface area contributed by atoms with Crippen molar-refractivity contribution in [3.8, 4) is 0 Å². The first-order valence-corrected chi connectivity index (χ1v) is 12.8. The number of carbonyl (C=O) groups excluding carboxylic acids is 1. The molecule has 172 valence electrons. The molecule has 0 aromatic carbocycles. The van der Waals surface area contributed by atoms with Gasteiger partial charge in [-0.2, -0.15) is 12.6 Å². The maximum absolute atomic E-state index is 12.1. The lowest BCUT2D eigenvalue weighted by molar-refractivity contribution is -0.173. The first-order chi connectivity index (χ1) is 14.9. The molecule has 0 aromatic heterocycles. The van der Waals surface area contributed by atoms with E-state index in [-0.39, 0.29) is 35.6 Å². The van der Waals surface area contributed by atoms with Crippen LogP contribution in [0, 0.1) is 16.7 Å². The first kappa shape index (κ1) is 24.5. The summed E-state index contributed by atoms with van der Waals surface area (Å²) in [5.41, 5.74) is 2.25. The Bertz CT molecular complexity index is 845. The minimum Gasteiger partial charge on any atom is -0.438 e. The Balaban J connectivity index is 1.59. The Morgan fingerprint density at radius 3 is 2.59 bits per heavy atom. The molecule has 0 aromatic rings. The maximum Gasteiger partial charge on any atom is 0.310 e. The van der Waals surface area contributed by atoms with Gasteiger partial charge in [0.05, 0.1) is 27.7 Å². The van der Waals surface area contributed by atoms with Gasteiger partial charge in [-0.05, 0) is 50.4 Å². The summed E-state index contributed by atoms with van der Waals surface area (Å²) < 4.78 is 11.2. The molecule has 0 N–H and O–H groups in total. The molecule has 3 fully saturated rings. The van der Waals surface area contributed by atoms with E-state index in [0.717, 1.165) is 57.8 Å². The Morgan fingerprint density at radius 2 is 1.91 bits per heavy atom. The molecule has 0 heterocycles. The number of esters is 1. The monoisotopic (exact) mass is 452 g/mol. The van der Waals surface area contributed by atoms with Gasteiger partial charge in [-0.3, -0.25) is 4.79 Å². The van der Waals surface area contributed by atoms with Gasteiger partial charge in [0.1, 0.15) is 0 Å². The van der Waals surface area contributed by atoms with Gasteiger partial charge in [0.2, 0.25) is 0 Å². The quantitative estimate of drug-likeness (QED) is 0.244. The van der Waals surface area contributed by atoms with Crippen LogP contribution in [0.1, 0.15) is 85.5 Å². The smallest absolute Gasteiger partial charge is 0.310 e. The minimum atomic E-state index is -0.605. The van der Waals surface area contributed by atoms with E-state index >= 15 is 0 Å². The molecule has 0 saturated heterocycles. The second-order valence-electron chi connectivity index (χ2n) is 11.5. The topological polar surface area (TPSA) is 35.5 Å². The molecule has 3 nitrogen and oxygen atoms in total. The lowest BCUT2D eigenvalue weighted by Gasteiger charge is -2.74. The van der Waals surface area contributed by atoms with E-state index in [9.17, 15) is 4.79 Å². The Hall–Kier alpha value is -0.610. The Kier molecular flexibility index (Phi) is 6.11. The molecule has 0 bridgehead atoms. The number of carbonyl (C=O) groups is 1. The van der Waals surface area contributed by atoms with E-state index in [1.165, 1.54) is 11.1 Å². The molecule has 7 atom stereocenters. The Morgan fingerprint density at radius 1 is 1.19 bits per heavy atom. The van der Waals surface area contributed by atoms with Crippen molar-refractivity contribution < 1.29 is 14.3 Å². The van der Waals surface area contributed by atoms with Crippen LogP contribution in [0.5, 0.6) is 0 Å². The lowest BCUT2D eigenvalue weighted by atomic mass is 9.23. The summed E-state index contributed by atoms with van der Waals surface area (Å²) >= 11 is 5.41. The van der Waals surface area contributed by atoms with Gasteiger partial charge in [-0.1, -0.05) is 75.0 Å². The zero-order valence-corrected chi connectivity index (χ0v) is 21.2. The van der Waals surface area contributed by atoms with Crippen LogP contribution < -0.4 is 0 Å². The van der Waals surface area contributed by atoms with Gasteiger partial charge in [-0.25, -0.2) is 0 Å². The molecular weight excluding hydrogens is 414 g/mol. The van der Waals surface area contributed by atoms with Crippen molar-refractivity contribution in [2.45, 2.75) is 107 Å². The van der Waals surface area contributed by atoms with Gasteiger partial charge < -0.3 is 9.47 Å². The predicted octanol–water partition coefficient (Wildman–Crippen LogP) is 5.91. The molecule has 0 amide bonds. The van der Waals surface area contributed by atoms with Crippen LogP contribution in [-0.2, 0) is 14.3 Å². The van der Waals surface area contributed by atoms with Gasteiger partial charge in [0.15, 0.2) is 6.79 Å². The second kappa shape index (κ2) is 7.97. The van der Waals surface area contributed by atoms with Crippen molar-refractivity contribution in [3.63, 3.8) is 0 Å². The highest BCUT2D eigenvalue weighted by Crippen LogP contribution is 2.84. The van der Waals surface area contributed by atoms with Gasteiger partial charge in [-0.15, -0.1) is 0 Å². The number of thiol groups is 1. The molecule has 3 saturated carbocycles. The molecular formula is C26H38B2O3S. The van der Waals surface area contributed by atoms with Crippen molar-refractivity contribution in [1.29, 1.82) is 0 Å².